The van der Waals surface area contributed by atoms with Crippen molar-refractivity contribution in [2.75, 3.05) is 12.4 Å². The molecule has 3 rings (SSSR count). The Bertz CT molecular complexity index is 1200. The second-order valence-electron chi connectivity index (χ2n) is 6.53. The van der Waals surface area contributed by atoms with Gasteiger partial charge in [-0.25, -0.2) is 0 Å². The number of ether oxygens (including phenoxy) is 2. The normalized spacial score (nSPS) is 10.9. The molecule has 0 unspecified atom stereocenters. The molecule has 0 aliphatic rings. The van der Waals surface area contributed by atoms with Crippen LogP contribution in [0.5, 0.6) is 11.5 Å². The van der Waals surface area contributed by atoms with Gasteiger partial charge in [0.25, 0.3) is 5.91 Å². The second kappa shape index (κ2) is 10.9. The first-order valence-corrected chi connectivity index (χ1v) is 10.5. The molecule has 0 heterocycles. The standard InChI is InChI=1S/C24H17Cl3N2O3/c1-31-22-9-8-15(11-23(22)32-14-19-20(26)6-3-7-21(19)27)10-16(13-28)24(30)29-18-5-2-4-17(25)12-18/h2-12H,14H2,1H3,(H,29,30)/b16-10+. The molecule has 0 bridgehead atoms. The number of methoxy groups -OCH3 is 1. The van der Waals surface area contributed by atoms with Crippen molar-refractivity contribution < 1.29 is 14.3 Å². The molecule has 0 fully saturated rings. The summed E-state index contributed by atoms with van der Waals surface area (Å²) in [6.45, 7) is 0.113. The first kappa shape index (κ1) is 23.5. The van der Waals surface area contributed by atoms with E-state index in [0.29, 0.717) is 43.4 Å². The number of amides is 1. The van der Waals surface area contributed by atoms with Gasteiger partial charge in [-0.05, 0) is 54.1 Å². The van der Waals surface area contributed by atoms with E-state index in [1.54, 1.807) is 60.7 Å². The van der Waals surface area contributed by atoms with Crippen molar-refractivity contribution in [2.24, 2.45) is 0 Å². The number of anilines is 1. The van der Waals surface area contributed by atoms with Crippen LogP contribution in [0.2, 0.25) is 15.1 Å². The predicted octanol–water partition coefficient (Wildman–Crippen LogP) is 6.78. The molecule has 1 N–H and O–H groups in total. The van der Waals surface area contributed by atoms with Crippen molar-refractivity contribution >= 4 is 52.5 Å². The van der Waals surface area contributed by atoms with Crippen molar-refractivity contribution in [2.45, 2.75) is 6.61 Å². The van der Waals surface area contributed by atoms with E-state index in [0.717, 1.165) is 0 Å². The van der Waals surface area contributed by atoms with E-state index in [9.17, 15) is 10.1 Å². The van der Waals surface area contributed by atoms with E-state index in [1.165, 1.54) is 13.2 Å². The van der Waals surface area contributed by atoms with Crippen molar-refractivity contribution in [1.82, 2.24) is 0 Å². The van der Waals surface area contributed by atoms with Crippen LogP contribution in [0.4, 0.5) is 5.69 Å². The zero-order valence-electron chi connectivity index (χ0n) is 16.9. The summed E-state index contributed by atoms with van der Waals surface area (Å²) in [6, 6.07) is 18.8. The van der Waals surface area contributed by atoms with E-state index in [4.69, 9.17) is 44.3 Å². The average molecular weight is 488 g/mol. The molecule has 0 spiro atoms. The second-order valence-corrected chi connectivity index (χ2v) is 7.78. The Morgan fingerprint density at radius 3 is 2.41 bits per heavy atom. The number of halogens is 3. The van der Waals surface area contributed by atoms with Gasteiger partial charge in [0.1, 0.15) is 18.2 Å². The largest absolute Gasteiger partial charge is 0.493 e. The van der Waals surface area contributed by atoms with E-state index >= 15 is 0 Å². The number of nitrogens with zero attached hydrogens (tertiary/aromatic N) is 1. The molecule has 5 nitrogen and oxygen atoms in total. The van der Waals surface area contributed by atoms with Crippen molar-refractivity contribution in [3.8, 4) is 17.6 Å². The molecule has 0 saturated heterocycles. The number of hydrogen-bond donors (Lipinski definition) is 1. The van der Waals surface area contributed by atoms with E-state index in [-0.39, 0.29) is 12.2 Å². The van der Waals surface area contributed by atoms with Gasteiger partial charge in [0.05, 0.1) is 7.11 Å². The lowest BCUT2D eigenvalue weighted by Gasteiger charge is -2.13. The summed E-state index contributed by atoms with van der Waals surface area (Å²) in [6.07, 6.45) is 1.45. The highest BCUT2D eigenvalue weighted by Gasteiger charge is 2.13. The molecule has 1 amide bonds. The summed E-state index contributed by atoms with van der Waals surface area (Å²) in [5.74, 6) is 0.327. The minimum absolute atomic E-state index is 0.0877. The summed E-state index contributed by atoms with van der Waals surface area (Å²) < 4.78 is 11.2. The molecule has 32 heavy (non-hydrogen) atoms. The summed E-state index contributed by atoms with van der Waals surface area (Å²) in [7, 11) is 1.51. The maximum Gasteiger partial charge on any atom is 0.266 e. The predicted molar refractivity (Wildman–Crippen MR) is 127 cm³/mol. The fourth-order valence-corrected chi connectivity index (χ4v) is 3.49. The van der Waals surface area contributed by atoms with Crippen LogP contribution in [0.1, 0.15) is 11.1 Å². The number of benzene rings is 3. The van der Waals surface area contributed by atoms with Gasteiger partial charge in [-0.15, -0.1) is 0 Å². The van der Waals surface area contributed by atoms with Gasteiger partial charge in [0.2, 0.25) is 0 Å². The smallest absolute Gasteiger partial charge is 0.266 e. The molecular formula is C24H17Cl3N2O3. The number of rotatable bonds is 7. The van der Waals surface area contributed by atoms with Crippen LogP contribution in [-0.2, 0) is 11.4 Å². The first-order valence-electron chi connectivity index (χ1n) is 9.33. The summed E-state index contributed by atoms with van der Waals surface area (Å²) in [5.41, 5.74) is 1.61. The Hall–Kier alpha value is -3.17. The van der Waals surface area contributed by atoms with Gasteiger partial charge in [0.15, 0.2) is 11.5 Å². The first-order chi connectivity index (χ1) is 15.4. The lowest BCUT2D eigenvalue weighted by atomic mass is 10.1. The summed E-state index contributed by atoms with van der Waals surface area (Å²) in [4.78, 5) is 12.5. The third kappa shape index (κ3) is 5.95. The number of carbonyl (C=O) groups is 1. The van der Waals surface area contributed by atoms with Crippen LogP contribution in [-0.4, -0.2) is 13.0 Å². The zero-order valence-corrected chi connectivity index (χ0v) is 19.1. The minimum Gasteiger partial charge on any atom is -0.493 e. The van der Waals surface area contributed by atoms with Crippen molar-refractivity contribution in [3.05, 3.63) is 92.4 Å². The van der Waals surface area contributed by atoms with Crippen LogP contribution in [0.25, 0.3) is 6.08 Å². The fourth-order valence-electron chi connectivity index (χ4n) is 2.80. The Kier molecular flexibility index (Phi) is 8.02. The molecule has 3 aromatic carbocycles. The average Bonchev–Trinajstić information content (AvgIpc) is 2.77. The van der Waals surface area contributed by atoms with Crippen molar-refractivity contribution in [3.63, 3.8) is 0 Å². The molecule has 162 valence electrons. The zero-order chi connectivity index (χ0) is 23.1. The van der Waals surface area contributed by atoms with Crippen LogP contribution in [0, 0.1) is 11.3 Å². The van der Waals surface area contributed by atoms with Gasteiger partial charge in [-0.1, -0.05) is 53.0 Å². The highest BCUT2D eigenvalue weighted by molar-refractivity contribution is 6.36. The van der Waals surface area contributed by atoms with Crippen LogP contribution in [0.15, 0.2) is 66.2 Å². The molecule has 0 aromatic heterocycles. The molecule has 3 aromatic rings. The minimum atomic E-state index is -0.559. The topological polar surface area (TPSA) is 71.3 Å². The van der Waals surface area contributed by atoms with Crippen molar-refractivity contribution in [1.29, 1.82) is 5.26 Å². The maximum absolute atomic E-state index is 12.5. The van der Waals surface area contributed by atoms with Crippen LogP contribution >= 0.6 is 34.8 Å². The fraction of sp³-hybridized carbons (Fsp3) is 0.0833. The van der Waals surface area contributed by atoms with Gasteiger partial charge in [-0.2, -0.15) is 5.26 Å². The molecule has 0 radical (unpaired) electrons. The highest BCUT2D eigenvalue weighted by Crippen LogP contribution is 2.32. The number of nitriles is 1. The van der Waals surface area contributed by atoms with Gasteiger partial charge in [-0.3, -0.25) is 4.79 Å². The van der Waals surface area contributed by atoms with Gasteiger partial charge >= 0.3 is 0 Å². The quantitative estimate of drug-likeness (QED) is 0.294. The summed E-state index contributed by atoms with van der Waals surface area (Å²) in [5, 5.41) is 13.6. The number of hydrogen-bond acceptors (Lipinski definition) is 4. The lowest BCUT2D eigenvalue weighted by Crippen LogP contribution is -2.13. The Morgan fingerprint density at radius 1 is 1.03 bits per heavy atom. The molecule has 0 aliphatic carbocycles. The lowest BCUT2D eigenvalue weighted by molar-refractivity contribution is -0.112. The van der Waals surface area contributed by atoms with Crippen LogP contribution in [0.3, 0.4) is 0 Å². The van der Waals surface area contributed by atoms with E-state index in [2.05, 4.69) is 5.32 Å². The Labute approximate surface area is 200 Å². The molecule has 0 atom stereocenters. The van der Waals surface area contributed by atoms with Crippen LogP contribution < -0.4 is 14.8 Å². The Balaban J connectivity index is 1.83. The highest BCUT2D eigenvalue weighted by atomic mass is 35.5. The molecule has 8 heteroatoms. The third-order valence-corrected chi connectivity index (χ3v) is 5.32. The monoisotopic (exact) mass is 486 g/mol. The van der Waals surface area contributed by atoms with E-state index < -0.39 is 5.91 Å². The number of carbonyl (C=O) groups excluding carboxylic acids is 1. The Morgan fingerprint density at radius 2 is 1.75 bits per heavy atom. The SMILES string of the molecule is COc1ccc(/C=C(\C#N)C(=O)Nc2cccc(Cl)c2)cc1OCc1c(Cl)cccc1Cl. The number of nitrogens with one attached hydrogen (secondary N) is 1. The van der Waals surface area contributed by atoms with Gasteiger partial charge in [0, 0.05) is 26.3 Å². The molecular weight excluding hydrogens is 471 g/mol. The third-order valence-electron chi connectivity index (χ3n) is 4.38. The van der Waals surface area contributed by atoms with E-state index in [1.807, 2.05) is 6.07 Å². The molecule has 0 aliphatic heterocycles. The maximum atomic E-state index is 12.5. The van der Waals surface area contributed by atoms with Gasteiger partial charge < -0.3 is 14.8 Å². The summed E-state index contributed by atoms with van der Waals surface area (Å²) >= 11 is 18.3. The molecule has 0 saturated carbocycles.